The molecular formula is C17H13Cl2N5O2. The lowest BCUT2D eigenvalue weighted by atomic mass is 10.2. The Balaban J connectivity index is 1.65. The highest BCUT2D eigenvalue weighted by atomic mass is 35.5. The van der Waals surface area contributed by atoms with Gasteiger partial charge < -0.3 is 16.0 Å². The molecule has 7 nitrogen and oxygen atoms in total. The lowest BCUT2D eigenvalue weighted by Gasteiger charge is -2.10. The van der Waals surface area contributed by atoms with E-state index in [1.807, 2.05) is 0 Å². The minimum Gasteiger partial charge on any atom is -0.339 e. The lowest BCUT2D eigenvalue weighted by Crippen LogP contribution is -2.19. The maximum atomic E-state index is 12.1. The third-order valence-electron chi connectivity index (χ3n) is 3.25. The van der Waals surface area contributed by atoms with Gasteiger partial charge in [-0.2, -0.15) is 5.10 Å². The summed E-state index contributed by atoms with van der Waals surface area (Å²) in [5, 5.41) is 15.4. The zero-order valence-electron chi connectivity index (χ0n) is 13.2. The molecule has 0 unspecified atom stereocenters. The molecule has 3 aromatic rings. The fourth-order valence-corrected chi connectivity index (χ4v) is 2.40. The summed E-state index contributed by atoms with van der Waals surface area (Å²) in [4.78, 5) is 23.1. The van der Waals surface area contributed by atoms with Gasteiger partial charge in [0.15, 0.2) is 5.82 Å². The SMILES string of the molecule is O=C(Nc1cccc(Nc2ccc(=O)[nH]n2)c1)Nc1ccc(Cl)c(Cl)c1. The number of amides is 2. The Bertz CT molecular complexity index is 986. The Labute approximate surface area is 158 Å². The van der Waals surface area contributed by atoms with E-state index in [-0.39, 0.29) is 5.56 Å². The van der Waals surface area contributed by atoms with Crippen molar-refractivity contribution >= 4 is 52.1 Å². The van der Waals surface area contributed by atoms with Gasteiger partial charge in [-0.1, -0.05) is 29.3 Å². The maximum Gasteiger partial charge on any atom is 0.323 e. The van der Waals surface area contributed by atoms with E-state index in [0.717, 1.165) is 0 Å². The summed E-state index contributed by atoms with van der Waals surface area (Å²) < 4.78 is 0. The fraction of sp³-hybridized carbons (Fsp3) is 0. The number of anilines is 4. The Kier molecular flexibility index (Phi) is 5.40. The fourth-order valence-electron chi connectivity index (χ4n) is 2.10. The molecule has 9 heteroatoms. The van der Waals surface area contributed by atoms with Crippen LogP contribution in [0.2, 0.25) is 10.0 Å². The summed E-state index contributed by atoms with van der Waals surface area (Å²) in [5.74, 6) is 0.474. The Morgan fingerprint density at radius 2 is 1.62 bits per heavy atom. The van der Waals surface area contributed by atoms with Crippen molar-refractivity contribution in [1.82, 2.24) is 10.2 Å². The van der Waals surface area contributed by atoms with Crippen LogP contribution in [-0.4, -0.2) is 16.2 Å². The predicted molar refractivity (Wildman–Crippen MR) is 104 cm³/mol. The predicted octanol–water partition coefficient (Wildman–Crippen LogP) is 4.46. The number of carbonyl (C=O) groups is 1. The van der Waals surface area contributed by atoms with Gasteiger partial charge in [-0.25, -0.2) is 9.89 Å². The number of carbonyl (C=O) groups excluding carboxylic acids is 1. The van der Waals surface area contributed by atoms with E-state index >= 15 is 0 Å². The number of urea groups is 1. The van der Waals surface area contributed by atoms with Gasteiger partial charge in [-0.3, -0.25) is 4.79 Å². The molecule has 1 heterocycles. The standard InChI is InChI=1S/C17H13Cl2N5O2/c18-13-5-4-12(9-14(13)19)22-17(26)21-11-3-1-2-10(8-11)20-15-6-7-16(25)24-23-15/h1-9H,(H,20,23)(H,24,25)(H2,21,22,26). The van der Waals surface area contributed by atoms with E-state index in [4.69, 9.17) is 23.2 Å². The molecule has 0 aliphatic carbocycles. The molecule has 0 aliphatic heterocycles. The van der Waals surface area contributed by atoms with Crippen LogP contribution in [0.5, 0.6) is 0 Å². The van der Waals surface area contributed by atoms with Crippen molar-refractivity contribution in [3.8, 4) is 0 Å². The monoisotopic (exact) mass is 389 g/mol. The first-order chi connectivity index (χ1) is 12.5. The molecule has 1 aromatic heterocycles. The minimum absolute atomic E-state index is 0.287. The second kappa shape index (κ2) is 7.90. The van der Waals surface area contributed by atoms with Gasteiger partial charge in [0.25, 0.3) is 5.56 Å². The van der Waals surface area contributed by atoms with Gasteiger partial charge >= 0.3 is 6.03 Å². The van der Waals surface area contributed by atoms with Crippen LogP contribution in [0.15, 0.2) is 59.4 Å². The number of halogens is 2. The second-order valence-electron chi connectivity index (χ2n) is 5.22. The second-order valence-corrected chi connectivity index (χ2v) is 6.03. The van der Waals surface area contributed by atoms with E-state index in [1.165, 1.54) is 6.07 Å². The van der Waals surface area contributed by atoms with Crippen molar-refractivity contribution in [2.75, 3.05) is 16.0 Å². The molecular weight excluding hydrogens is 377 g/mol. The zero-order valence-corrected chi connectivity index (χ0v) is 14.7. The van der Waals surface area contributed by atoms with E-state index < -0.39 is 6.03 Å². The maximum absolute atomic E-state index is 12.1. The average Bonchev–Trinajstić information content (AvgIpc) is 2.60. The quantitative estimate of drug-likeness (QED) is 0.529. The van der Waals surface area contributed by atoms with Crippen LogP contribution < -0.4 is 21.5 Å². The number of H-pyrrole nitrogens is 1. The van der Waals surface area contributed by atoms with Crippen LogP contribution in [0.25, 0.3) is 0 Å². The zero-order chi connectivity index (χ0) is 18.5. The molecule has 2 aromatic carbocycles. The molecule has 132 valence electrons. The van der Waals surface area contributed by atoms with Gasteiger partial charge in [0.2, 0.25) is 0 Å². The molecule has 3 rings (SSSR count). The molecule has 0 saturated carbocycles. The topological polar surface area (TPSA) is 98.9 Å². The third-order valence-corrected chi connectivity index (χ3v) is 3.99. The van der Waals surface area contributed by atoms with E-state index in [9.17, 15) is 9.59 Å². The number of nitrogens with one attached hydrogen (secondary N) is 4. The first kappa shape index (κ1) is 17.8. The van der Waals surface area contributed by atoms with Gasteiger partial charge in [0.05, 0.1) is 10.0 Å². The number of hydrogen-bond acceptors (Lipinski definition) is 4. The first-order valence-electron chi connectivity index (χ1n) is 7.45. The Morgan fingerprint density at radius 1 is 0.885 bits per heavy atom. The molecule has 0 aliphatic rings. The van der Waals surface area contributed by atoms with Gasteiger partial charge in [-0.05, 0) is 42.5 Å². The number of aromatic nitrogens is 2. The lowest BCUT2D eigenvalue weighted by molar-refractivity contribution is 0.262. The van der Waals surface area contributed by atoms with Crippen LogP contribution >= 0.6 is 23.2 Å². The molecule has 0 saturated heterocycles. The highest BCUT2D eigenvalue weighted by molar-refractivity contribution is 6.42. The highest BCUT2D eigenvalue weighted by Gasteiger charge is 2.06. The summed E-state index contributed by atoms with van der Waals surface area (Å²) in [6.45, 7) is 0. The molecule has 0 spiro atoms. The molecule has 4 N–H and O–H groups in total. The summed E-state index contributed by atoms with van der Waals surface area (Å²) in [6.07, 6.45) is 0. The van der Waals surface area contributed by atoms with Crippen molar-refractivity contribution < 1.29 is 4.79 Å². The molecule has 26 heavy (non-hydrogen) atoms. The van der Waals surface area contributed by atoms with E-state index in [2.05, 4.69) is 26.1 Å². The van der Waals surface area contributed by atoms with E-state index in [1.54, 1.807) is 48.5 Å². The highest BCUT2D eigenvalue weighted by Crippen LogP contribution is 2.25. The van der Waals surface area contributed by atoms with Gasteiger partial charge in [-0.15, -0.1) is 0 Å². The van der Waals surface area contributed by atoms with Crippen molar-refractivity contribution in [1.29, 1.82) is 0 Å². The number of rotatable bonds is 4. The van der Waals surface area contributed by atoms with Crippen molar-refractivity contribution in [2.45, 2.75) is 0 Å². The molecule has 0 fully saturated rings. The molecule has 2 amide bonds. The van der Waals surface area contributed by atoms with Crippen LogP contribution in [0, 0.1) is 0 Å². The van der Waals surface area contributed by atoms with Crippen LogP contribution in [0.3, 0.4) is 0 Å². The molecule has 0 atom stereocenters. The van der Waals surface area contributed by atoms with Crippen LogP contribution in [0.4, 0.5) is 27.7 Å². The van der Waals surface area contributed by atoms with Gasteiger partial charge in [0, 0.05) is 23.1 Å². The van der Waals surface area contributed by atoms with Crippen molar-refractivity contribution in [3.63, 3.8) is 0 Å². The number of aromatic amines is 1. The third kappa shape index (κ3) is 4.75. The number of nitrogens with zero attached hydrogens (tertiary/aromatic N) is 1. The first-order valence-corrected chi connectivity index (χ1v) is 8.21. The van der Waals surface area contributed by atoms with Crippen molar-refractivity contribution in [2.24, 2.45) is 0 Å². The molecule has 0 radical (unpaired) electrons. The van der Waals surface area contributed by atoms with Crippen LogP contribution in [-0.2, 0) is 0 Å². The Morgan fingerprint density at radius 3 is 2.31 bits per heavy atom. The summed E-state index contributed by atoms with van der Waals surface area (Å²) in [7, 11) is 0. The Hall–Kier alpha value is -3.03. The largest absolute Gasteiger partial charge is 0.339 e. The van der Waals surface area contributed by atoms with Gasteiger partial charge in [0.1, 0.15) is 0 Å². The average molecular weight is 390 g/mol. The smallest absolute Gasteiger partial charge is 0.323 e. The number of hydrogen-bond donors (Lipinski definition) is 4. The minimum atomic E-state index is -0.428. The summed E-state index contributed by atoms with van der Waals surface area (Å²) >= 11 is 11.8. The van der Waals surface area contributed by atoms with Crippen molar-refractivity contribution in [3.05, 3.63) is 75.0 Å². The summed E-state index contributed by atoms with van der Waals surface area (Å²) in [5.41, 5.74) is 1.49. The number of benzene rings is 2. The summed E-state index contributed by atoms with van der Waals surface area (Å²) in [6, 6.07) is 14.3. The normalized spacial score (nSPS) is 10.2. The van der Waals surface area contributed by atoms with E-state index in [0.29, 0.717) is 32.9 Å². The molecule has 0 bridgehead atoms. The van der Waals surface area contributed by atoms with Crippen LogP contribution in [0.1, 0.15) is 0 Å².